The summed E-state index contributed by atoms with van der Waals surface area (Å²) >= 11 is 3.28. The lowest BCUT2D eigenvalue weighted by molar-refractivity contribution is 0.264. The van der Waals surface area contributed by atoms with Crippen LogP contribution in [0.15, 0.2) is 29.0 Å². The van der Waals surface area contributed by atoms with Crippen molar-refractivity contribution < 1.29 is 9.50 Å². The molecule has 0 radical (unpaired) electrons. The van der Waals surface area contributed by atoms with E-state index in [0.717, 1.165) is 5.56 Å². The van der Waals surface area contributed by atoms with Gasteiger partial charge in [-0.1, -0.05) is 22.0 Å². The molecule has 0 saturated heterocycles. The van der Waals surface area contributed by atoms with Crippen molar-refractivity contribution in [1.29, 1.82) is 0 Å². The molecule has 84 valence electrons. The number of benzene rings is 1. The van der Waals surface area contributed by atoms with E-state index in [1.165, 1.54) is 18.5 Å². The molecular weight excluding hydrogens is 277 g/mol. The van der Waals surface area contributed by atoms with Gasteiger partial charge in [-0.15, -0.1) is 0 Å². The van der Waals surface area contributed by atoms with Crippen molar-refractivity contribution in [2.24, 2.45) is 0 Å². The van der Waals surface area contributed by atoms with Crippen molar-refractivity contribution in [3.05, 3.63) is 46.2 Å². The Morgan fingerprint density at radius 2 is 2.25 bits per heavy atom. The summed E-state index contributed by atoms with van der Waals surface area (Å²) in [5, 5.41) is 13.0. The average Bonchev–Trinajstić information content (AvgIpc) is 2.69. The summed E-state index contributed by atoms with van der Waals surface area (Å²) in [4.78, 5) is 3.89. The topological polar surface area (TPSA) is 50.9 Å². The first-order valence-electron chi connectivity index (χ1n) is 4.62. The van der Waals surface area contributed by atoms with Crippen molar-refractivity contribution >= 4 is 15.9 Å². The molecule has 4 nitrogen and oxygen atoms in total. The van der Waals surface area contributed by atoms with Crippen LogP contribution in [0.25, 0.3) is 0 Å². The predicted molar refractivity (Wildman–Crippen MR) is 59.1 cm³/mol. The monoisotopic (exact) mass is 285 g/mol. The summed E-state index contributed by atoms with van der Waals surface area (Å²) in [6.07, 6.45) is 1.38. The van der Waals surface area contributed by atoms with Crippen molar-refractivity contribution in [3.8, 4) is 0 Å². The molecule has 0 spiro atoms. The van der Waals surface area contributed by atoms with E-state index in [-0.39, 0.29) is 12.4 Å². The van der Waals surface area contributed by atoms with Gasteiger partial charge in [-0.3, -0.25) is 0 Å². The third kappa shape index (κ3) is 2.28. The first-order chi connectivity index (χ1) is 7.70. The van der Waals surface area contributed by atoms with Gasteiger partial charge in [0.2, 0.25) is 0 Å². The molecular formula is C10H9BrFN3O. The Bertz CT molecular complexity index is 501. The van der Waals surface area contributed by atoms with Crippen molar-refractivity contribution in [3.63, 3.8) is 0 Å². The Balaban J connectivity index is 2.27. The zero-order valence-corrected chi connectivity index (χ0v) is 9.85. The predicted octanol–water partition coefficient (Wildman–Crippen LogP) is 1.72. The molecule has 0 bridgehead atoms. The lowest BCUT2D eigenvalue weighted by Gasteiger charge is -2.06. The van der Waals surface area contributed by atoms with Crippen molar-refractivity contribution in [1.82, 2.24) is 14.8 Å². The highest BCUT2D eigenvalue weighted by atomic mass is 79.9. The van der Waals surface area contributed by atoms with Crippen LogP contribution in [0.2, 0.25) is 0 Å². The molecule has 1 aromatic carbocycles. The number of hydrogen-bond donors (Lipinski definition) is 1. The molecule has 0 aliphatic rings. The Kier molecular flexibility index (Phi) is 3.31. The second kappa shape index (κ2) is 4.71. The second-order valence-electron chi connectivity index (χ2n) is 3.23. The molecule has 2 rings (SSSR count). The Morgan fingerprint density at radius 3 is 2.94 bits per heavy atom. The third-order valence-corrected chi connectivity index (χ3v) is 2.91. The summed E-state index contributed by atoms with van der Waals surface area (Å²) in [5.41, 5.74) is 0.876. The SMILES string of the molecule is OCc1ncnn1Cc1ccc(F)cc1Br. The van der Waals surface area contributed by atoms with Crippen molar-refractivity contribution in [2.45, 2.75) is 13.2 Å². The zero-order valence-electron chi connectivity index (χ0n) is 8.27. The molecule has 1 aromatic heterocycles. The Morgan fingerprint density at radius 1 is 1.44 bits per heavy atom. The summed E-state index contributed by atoms with van der Waals surface area (Å²) in [7, 11) is 0. The fourth-order valence-electron chi connectivity index (χ4n) is 1.35. The van der Waals surface area contributed by atoms with Crippen LogP contribution in [-0.4, -0.2) is 19.9 Å². The molecule has 0 atom stereocenters. The van der Waals surface area contributed by atoms with Crippen LogP contribution in [-0.2, 0) is 13.2 Å². The van der Waals surface area contributed by atoms with Gasteiger partial charge in [0.05, 0.1) is 6.54 Å². The van der Waals surface area contributed by atoms with Gasteiger partial charge in [0.1, 0.15) is 18.8 Å². The lowest BCUT2D eigenvalue weighted by atomic mass is 10.2. The number of hydrogen-bond acceptors (Lipinski definition) is 3. The maximum absolute atomic E-state index is 12.9. The fourth-order valence-corrected chi connectivity index (χ4v) is 1.83. The third-order valence-electron chi connectivity index (χ3n) is 2.17. The number of rotatable bonds is 3. The second-order valence-corrected chi connectivity index (χ2v) is 4.08. The van der Waals surface area contributed by atoms with Crippen LogP contribution < -0.4 is 0 Å². The van der Waals surface area contributed by atoms with E-state index in [9.17, 15) is 4.39 Å². The molecule has 0 aliphatic heterocycles. The fraction of sp³-hybridized carbons (Fsp3) is 0.200. The van der Waals surface area contributed by atoms with Gasteiger partial charge >= 0.3 is 0 Å². The van der Waals surface area contributed by atoms with Crippen LogP contribution in [0.5, 0.6) is 0 Å². The molecule has 0 amide bonds. The maximum Gasteiger partial charge on any atom is 0.152 e. The van der Waals surface area contributed by atoms with Gasteiger partial charge in [-0.05, 0) is 17.7 Å². The molecule has 2 aromatic rings. The van der Waals surface area contributed by atoms with Gasteiger partial charge in [0.15, 0.2) is 5.82 Å². The van der Waals surface area contributed by atoms with Gasteiger partial charge < -0.3 is 5.11 Å². The summed E-state index contributed by atoms with van der Waals surface area (Å²) < 4.78 is 15.1. The number of aromatic nitrogens is 3. The van der Waals surface area contributed by atoms with Crippen LogP contribution in [0.4, 0.5) is 4.39 Å². The lowest BCUT2D eigenvalue weighted by Crippen LogP contribution is -2.07. The quantitative estimate of drug-likeness (QED) is 0.934. The van der Waals surface area contributed by atoms with Crippen LogP contribution in [0.1, 0.15) is 11.4 Å². The first kappa shape index (κ1) is 11.2. The summed E-state index contributed by atoms with van der Waals surface area (Å²) in [5.74, 6) is 0.188. The average molecular weight is 286 g/mol. The standard InChI is InChI=1S/C10H9BrFN3O/c11-9-3-8(12)2-1-7(9)4-15-10(5-16)13-6-14-15/h1-3,6,16H,4-5H2. The minimum atomic E-state index is -0.295. The highest BCUT2D eigenvalue weighted by Gasteiger charge is 2.06. The van der Waals surface area contributed by atoms with E-state index in [1.54, 1.807) is 10.7 Å². The minimum absolute atomic E-state index is 0.168. The zero-order chi connectivity index (χ0) is 11.5. The summed E-state index contributed by atoms with van der Waals surface area (Å²) in [6.45, 7) is 0.273. The molecule has 16 heavy (non-hydrogen) atoms. The van der Waals surface area contributed by atoms with E-state index < -0.39 is 0 Å². The van der Waals surface area contributed by atoms with Crippen molar-refractivity contribution in [2.75, 3.05) is 0 Å². The molecule has 6 heteroatoms. The van der Waals surface area contributed by atoms with E-state index >= 15 is 0 Å². The van der Waals surface area contributed by atoms with Crippen LogP contribution >= 0.6 is 15.9 Å². The van der Waals surface area contributed by atoms with E-state index in [0.29, 0.717) is 16.8 Å². The number of aliphatic hydroxyl groups excluding tert-OH is 1. The molecule has 0 saturated carbocycles. The number of aliphatic hydroxyl groups is 1. The smallest absolute Gasteiger partial charge is 0.152 e. The number of halogens is 2. The molecule has 1 N–H and O–H groups in total. The van der Waals surface area contributed by atoms with Gasteiger partial charge in [-0.25, -0.2) is 14.1 Å². The highest BCUT2D eigenvalue weighted by molar-refractivity contribution is 9.10. The molecule has 0 aliphatic carbocycles. The van der Waals surface area contributed by atoms with Gasteiger partial charge in [0, 0.05) is 4.47 Å². The summed E-state index contributed by atoms with van der Waals surface area (Å²) in [6, 6.07) is 4.45. The largest absolute Gasteiger partial charge is 0.388 e. The van der Waals surface area contributed by atoms with E-state index in [2.05, 4.69) is 26.0 Å². The Labute approximate surface area is 99.9 Å². The molecule has 0 fully saturated rings. The van der Waals surface area contributed by atoms with Crippen LogP contribution in [0.3, 0.4) is 0 Å². The molecule has 1 heterocycles. The Hall–Kier alpha value is -1.27. The minimum Gasteiger partial charge on any atom is -0.388 e. The van der Waals surface area contributed by atoms with Crippen LogP contribution in [0, 0.1) is 5.82 Å². The molecule has 0 unspecified atom stereocenters. The first-order valence-corrected chi connectivity index (χ1v) is 5.41. The van der Waals surface area contributed by atoms with E-state index in [4.69, 9.17) is 5.11 Å². The highest BCUT2D eigenvalue weighted by Crippen LogP contribution is 2.19. The normalized spacial score (nSPS) is 10.7. The number of nitrogens with zero attached hydrogens (tertiary/aromatic N) is 3. The van der Waals surface area contributed by atoms with E-state index in [1.807, 2.05) is 0 Å². The van der Waals surface area contributed by atoms with Gasteiger partial charge in [0.25, 0.3) is 0 Å². The maximum atomic E-state index is 12.9. The van der Waals surface area contributed by atoms with Gasteiger partial charge in [-0.2, -0.15) is 5.10 Å².